The van der Waals surface area contributed by atoms with Gasteiger partial charge in [0.25, 0.3) is 0 Å². The quantitative estimate of drug-likeness (QED) is 0.318. The van der Waals surface area contributed by atoms with Crippen LogP contribution < -0.4 is 19.5 Å². The van der Waals surface area contributed by atoms with Crippen molar-refractivity contribution < 1.29 is 23.4 Å². The molecule has 0 unspecified atom stereocenters. The highest BCUT2D eigenvalue weighted by molar-refractivity contribution is 6.01. The maximum Gasteiger partial charge on any atom is 0.244 e. The second-order valence-electron chi connectivity index (χ2n) is 7.89. The fourth-order valence-electron chi connectivity index (χ4n) is 3.89. The van der Waals surface area contributed by atoms with E-state index in [0.717, 1.165) is 33.2 Å². The summed E-state index contributed by atoms with van der Waals surface area (Å²) in [5, 5.41) is 3.79. The molecule has 1 N–H and O–H groups in total. The molecule has 0 bridgehead atoms. The summed E-state index contributed by atoms with van der Waals surface area (Å²) in [6.07, 6.45) is 6.68. The van der Waals surface area contributed by atoms with E-state index in [0.29, 0.717) is 36.0 Å². The molecule has 4 rings (SSSR count). The van der Waals surface area contributed by atoms with Crippen LogP contribution in [0, 0.1) is 0 Å². The lowest BCUT2D eigenvalue weighted by Crippen LogP contribution is -2.20. The zero-order valence-electron chi connectivity index (χ0n) is 20.3. The minimum absolute atomic E-state index is 0.191. The molecular formula is C28H28N2O5. The molecule has 0 atom stereocenters. The molecule has 2 aromatic heterocycles. The summed E-state index contributed by atoms with van der Waals surface area (Å²) in [6, 6.07) is 13.2. The van der Waals surface area contributed by atoms with Crippen molar-refractivity contribution in [3.63, 3.8) is 0 Å². The van der Waals surface area contributed by atoms with Crippen molar-refractivity contribution in [3.05, 3.63) is 78.3 Å². The van der Waals surface area contributed by atoms with E-state index in [1.54, 1.807) is 39.0 Å². The van der Waals surface area contributed by atoms with E-state index in [9.17, 15) is 4.79 Å². The van der Waals surface area contributed by atoms with Crippen LogP contribution in [0.4, 0.5) is 0 Å². The summed E-state index contributed by atoms with van der Waals surface area (Å²) in [5.41, 5.74) is 4.93. The van der Waals surface area contributed by atoms with Crippen LogP contribution in [0.3, 0.4) is 0 Å². The summed E-state index contributed by atoms with van der Waals surface area (Å²) >= 11 is 0. The molecule has 0 saturated heterocycles. The highest BCUT2D eigenvalue weighted by Crippen LogP contribution is 2.41. The summed E-state index contributed by atoms with van der Waals surface area (Å²) in [5.74, 6) is 1.87. The molecular weight excluding hydrogens is 444 g/mol. The average Bonchev–Trinajstić information content (AvgIpc) is 3.30. The van der Waals surface area contributed by atoms with Crippen LogP contribution in [0.5, 0.6) is 17.2 Å². The fraction of sp³-hybridized carbons (Fsp3) is 0.214. The monoisotopic (exact) mass is 472 g/mol. The number of furan rings is 1. The molecule has 0 radical (unpaired) electrons. The molecule has 1 amide bonds. The minimum atomic E-state index is -0.191. The van der Waals surface area contributed by atoms with Crippen LogP contribution in [0.25, 0.3) is 27.7 Å². The summed E-state index contributed by atoms with van der Waals surface area (Å²) < 4.78 is 22.8. The molecule has 2 aromatic carbocycles. The van der Waals surface area contributed by atoms with Gasteiger partial charge in [0.05, 0.1) is 27.1 Å². The number of hydrogen-bond donors (Lipinski definition) is 1. The standard InChI is InChI=1S/C28H28N2O5/c1-5-34-26-15-27-23(24(17-35-27)22-13-20(32-3)6-7-25(22)33-4)14-21(26)18(2)12-28(31)30-16-19-8-10-29-11-9-19/h6-15,17H,5,16H2,1-4H3,(H,30,31)/b18-12+. The Hall–Kier alpha value is -4.26. The van der Waals surface area contributed by atoms with Crippen molar-refractivity contribution in [3.8, 4) is 28.4 Å². The Morgan fingerprint density at radius 3 is 2.54 bits per heavy atom. The number of ether oxygens (including phenoxy) is 3. The number of hydrogen-bond acceptors (Lipinski definition) is 6. The molecule has 7 nitrogen and oxygen atoms in total. The van der Waals surface area contributed by atoms with E-state index in [-0.39, 0.29) is 5.91 Å². The first-order valence-electron chi connectivity index (χ1n) is 11.3. The van der Waals surface area contributed by atoms with E-state index in [1.165, 1.54) is 0 Å². The van der Waals surface area contributed by atoms with Gasteiger partial charge in [-0.25, -0.2) is 0 Å². The van der Waals surface area contributed by atoms with Crippen molar-refractivity contribution in [1.29, 1.82) is 0 Å². The Morgan fingerprint density at radius 1 is 1.03 bits per heavy atom. The SMILES string of the molecule is CCOc1cc2occ(-c3cc(OC)ccc3OC)c2cc1/C(C)=C/C(=O)NCc1ccncc1. The third-order valence-electron chi connectivity index (χ3n) is 5.66. The lowest BCUT2D eigenvalue weighted by atomic mass is 9.98. The molecule has 0 aliphatic carbocycles. The Morgan fingerprint density at radius 2 is 1.83 bits per heavy atom. The number of carbonyl (C=O) groups excluding carboxylic acids is 1. The first kappa shape index (κ1) is 23.9. The molecule has 2 heterocycles. The van der Waals surface area contributed by atoms with E-state index in [2.05, 4.69) is 10.3 Å². The number of allylic oxidation sites excluding steroid dienone is 1. The number of aromatic nitrogens is 1. The number of carbonyl (C=O) groups is 1. The van der Waals surface area contributed by atoms with Crippen molar-refractivity contribution in [1.82, 2.24) is 10.3 Å². The molecule has 0 spiro atoms. The van der Waals surface area contributed by atoms with Gasteiger partial charge in [-0.3, -0.25) is 9.78 Å². The lowest BCUT2D eigenvalue weighted by molar-refractivity contribution is -0.116. The maximum absolute atomic E-state index is 12.6. The van der Waals surface area contributed by atoms with Gasteiger partial charge in [-0.2, -0.15) is 0 Å². The minimum Gasteiger partial charge on any atom is -0.497 e. The molecule has 180 valence electrons. The summed E-state index contributed by atoms with van der Waals surface area (Å²) in [7, 11) is 3.25. The fourth-order valence-corrected chi connectivity index (χ4v) is 3.89. The lowest BCUT2D eigenvalue weighted by Gasteiger charge is -2.13. The molecule has 35 heavy (non-hydrogen) atoms. The van der Waals surface area contributed by atoms with Crippen LogP contribution in [-0.4, -0.2) is 31.7 Å². The van der Waals surface area contributed by atoms with Crippen molar-refractivity contribution in [2.24, 2.45) is 0 Å². The molecule has 7 heteroatoms. The van der Waals surface area contributed by atoms with Gasteiger partial charge in [0.2, 0.25) is 5.91 Å². The average molecular weight is 473 g/mol. The number of methoxy groups -OCH3 is 2. The maximum atomic E-state index is 12.6. The number of nitrogens with one attached hydrogen (secondary N) is 1. The topological polar surface area (TPSA) is 82.8 Å². The summed E-state index contributed by atoms with van der Waals surface area (Å²) in [6.45, 7) is 4.71. The van der Waals surface area contributed by atoms with Gasteiger partial charge in [-0.15, -0.1) is 0 Å². The van der Waals surface area contributed by atoms with Crippen LogP contribution in [0.1, 0.15) is 25.0 Å². The first-order chi connectivity index (χ1) is 17.0. The van der Waals surface area contributed by atoms with Gasteiger partial charge in [-0.05, 0) is 61.4 Å². The van der Waals surface area contributed by atoms with Crippen LogP contribution in [0.15, 0.2) is 71.6 Å². The molecule has 0 aliphatic rings. The highest BCUT2D eigenvalue weighted by Gasteiger charge is 2.18. The summed E-state index contributed by atoms with van der Waals surface area (Å²) in [4.78, 5) is 16.6. The van der Waals surface area contributed by atoms with E-state index in [1.807, 2.05) is 56.3 Å². The zero-order valence-corrected chi connectivity index (χ0v) is 20.3. The van der Waals surface area contributed by atoms with Gasteiger partial charge in [0.1, 0.15) is 22.8 Å². The van der Waals surface area contributed by atoms with Crippen molar-refractivity contribution in [2.45, 2.75) is 20.4 Å². The predicted octanol–water partition coefficient (Wildman–Crippen LogP) is 5.63. The number of nitrogens with zero attached hydrogens (tertiary/aromatic N) is 1. The van der Waals surface area contributed by atoms with Crippen LogP contribution in [-0.2, 0) is 11.3 Å². The van der Waals surface area contributed by atoms with E-state index in [4.69, 9.17) is 18.6 Å². The number of benzene rings is 2. The van der Waals surface area contributed by atoms with E-state index >= 15 is 0 Å². The van der Waals surface area contributed by atoms with Crippen molar-refractivity contribution >= 4 is 22.4 Å². The predicted molar refractivity (Wildman–Crippen MR) is 136 cm³/mol. The van der Waals surface area contributed by atoms with Gasteiger partial charge in [0.15, 0.2) is 0 Å². The number of fused-ring (bicyclic) bond motifs is 1. The molecule has 0 saturated carbocycles. The Balaban J connectivity index is 1.72. The third kappa shape index (κ3) is 5.30. The van der Waals surface area contributed by atoms with Gasteiger partial charge in [-0.1, -0.05) is 0 Å². The van der Waals surface area contributed by atoms with Crippen molar-refractivity contribution in [2.75, 3.05) is 20.8 Å². The third-order valence-corrected chi connectivity index (χ3v) is 5.66. The highest BCUT2D eigenvalue weighted by atomic mass is 16.5. The second kappa shape index (κ2) is 10.8. The van der Waals surface area contributed by atoms with Crippen LogP contribution >= 0.6 is 0 Å². The van der Waals surface area contributed by atoms with Gasteiger partial charge < -0.3 is 23.9 Å². The van der Waals surface area contributed by atoms with Gasteiger partial charge >= 0.3 is 0 Å². The normalized spacial score (nSPS) is 11.4. The van der Waals surface area contributed by atoms with Gasteiger partial charge in [0, 0.05) is 53.2 Å². The largest absolute Gasteiger partial charge is 0.497 e. The smallest absolute Gasteiger partial charge is 0.244 e. The van der Waals surface area contributed by atoms with E-state index < -0.39 is 0 Å². The Kier molecular flexibility index (Phi) is 7.35. The number of pyridine rings is 1. The Labute approximate surface area is 204 Å². The molecule has 0 fully saturated rings. The number of rotatable bonds is 9. The Bertz CT molecular complexity index is 1360. The second-order valence-corrected chi connectivity index (χ2v) is 7.89. The van der Waals surface area contributed by atoms with Crippen LogP contribution in [0.2, 0.25) is 0 Å². The first-order valence-corrected chi connectivity index (χ1v) is 11.3. The molecule has 4 aromatic rings. The molecule has 0 aliphatic heterocycles. The zero-order chi connectivity index (χ0) is 24.8. The number of amides is 1.